The lowest BCUT2D eigenvalue weighted by Gasteiger charge is -2.17. The molecule has 7 heteroatoms. The van der Waals surface area contributed by atoms with Crippen LogP contribution in [0.2, 0.25) is 10.0 Å². The van der Waals surface area contributed by atoms with Gasteiger partial charge in [0.15, 0.2) is 0 Å². The van der Waals surface area contributed by atoms with Crippen molar-refractivity contribution in [2.75, 3.05) is 6.61 Å². The van der Waals surface area contributed by atoms with Crippen LogP contribution in [0.15, 0.2) is 18.2 Å². The van der Waals surface area contributed by atoms with Crippen molar-refractivity contribution in [3.63, 3.8) is 0 Å². The van der Waals surface area contributed by atoms with Crippen LogP contribution in [0.5, 0.6) is 0 Å². The van der Waals surface area contributed by atoms with Crippen LogP contribution in [0.3, 0.4) is 0 Å². The molecule has 1 aliphatic rings. The zero-order valence-electron chi connectivity index (χ0n) is 10.9. The molecule has 1 fully saturated rings. The van der Waals surface area contributed by atoms with Gasteiger partial charge in [-0.15, -0.1) is 0 Å². The molecule has 1 aliphatic carbocycles. The summed E-state index contributed by atoms with van der Waals surface area (Å²) >= 11 is 11.8. The molecule has 0 aliphatic heterocycles. The second-order valence-electron chi connectivity index (χ2n) is 5.07. The maximum atomic E-state index is 12.2. The minimum Gasteiger partial charge on any atom is -0.396 e. The van der Waals surface area contributed by atoms with Crippen LogP contribution in [0, 0.1) is 5.92 Å². The summed E-state index contributed by atoms with van der Waals surface area (Å²) in [6.07, 6.45) is 2.46. The molecule has 2 N–H and O–H groups in total. The van der Waals surface area contributed by atoms with Gasteiger partial charge in [-0.25, -0.2) is 13.1 Å². The Balaban J connectivity index is 2.06. The molecular weight excluding hydrogens is 321 g/mol. The van der Waals surface area contributed by atoms with Gasteiger partial charge in [0.05, 0.1) is 5.75 Å². The molecule has 20 heavy (non-hydrogen) atoms. The van der Waals surface area contributed by atoms with Crippen molar-refractivity contribution in [2.45, 2.75) is 31.1 Å². The smallest absolute Gasteiger partial charge is 0.216 e. The summed E-state index contributed by atoms with van der Waals surface area (Å²) in [5.41, 5.74) is 0.516. The SMILES string of the molecule is O=S(=O)(Cc1ccc(Cl)cc1Cl)NC(CCO)C1CC1. The topological polar surface area (TPSA) is 66.4 Å². The Kier molecular flexibility index (Phi) is 5.31. The minimum atomic E-state index is -3.49. The summed E-state index contributed by atoms with van der Waals surface area (Å²) in [5.74, 6) is 0.162. The largest absolute Gasteiger partial charge is 0.396 e. The highest BCUT2D eigenvalue weighted by Gasteiger charge is 2.33. The van der Waals surface area contributed by atoms with Crippen LogP contribution in [0.1, 0.15) is 24.8 Å². The number of hydrogen-bond donors (Lipinski definition) is 2. The Hall–Kier alpha value is -0.330. The average molecular weight is 338 g/mol. The van der Waals surface area contributed by atoms with E-state index in [0.717, 1.165) is 12.8 Å². The number of hydrogen-bond acceptors (Lipinski definition) is 3. The lowest BCUT2D eigenvalue weighted by atomic mass is 10.1. The molecule has 1 aromatic carbocycles. The third kappa shape index (κ3) is 4.60. The van der Waals surface area contributed by atoms with E-state index < -0.39 is 10.0 Å². The first-order valence-electron chi connectivity index (χ1n) is 6.46. The molecule has 0 aromatic heterocycles. The molecule has 112 valence electrons. The molecule has 4 nitrogen and oxygen atoms in total. The monoisotopic (exact) mass is 337 g/mol. The highest BCUT2D eigenvalue weighted by Crippen LogP contribution is 2.34. The molecule has 0 heterocycles. The summed E-state index contributed by atoms with van der Waals surface area (Å²) in [6.45, 7) is -0.0224. The molecule has 2 rings (SSSR count). The standard InChI is InChI=1S/C13H17Cl2NO3S/c14-11-4-3-10(12(15)7-11)8-20(18,19)16-13(5-6-17)9-1-2-9/h3-4,7,9,13,16-17H,1-2,5-6,8H2. The molecule has 0 saturated heterocycles. The third-order valence-corrected chi connectivity index (χ3v) is 5.26. The van der Waals surface area contributed by atoms with Crippen LogP contribution < -0.4 is 4.72 Å². The lowest BCUT2D eigenvalue weighted by molar-refractivity contribution is 0.265. The maximum Gasteiger partial charge on any atom is 0.216 e. The van der Waals surface area contributed by atoms with Crippen LogP contribution in [0.4, 0.5) is 0 Å². The van der Waals surface area contributed by atoms with Crippen molar-refractivity contribution in [3.05, 3.63) is 33.8 Å². The van der Waals surface area contributed by atoms with Crippen LogP contribution in [0.25, 0.3) is 0 Å². The Morgan fingerprint density at radius 2 is 2.05 bits per heavy atom. The highest BCUT2D eigenvalue weighted by molar-refractivity contribution is 7.88. The fraction of sp³-hybridized carbons (Fsp3) is 0.538. The summed E-state index contributed by atoms with van der Waals surface area (Å²) in [5, 5.41) is 9.82. The third-order valence-electron chi connectivity index (χ3n) is 3.32. The summed E-state index contributed by atoms with van der Waals surface area (Å²) in [6, 6.07) is 4.57. The van der Waals surface area contributed by atoms with Crippen molar-refractivity contribution in [1.82, 2.24) is 4.72 Å². The molecule has 0 amide bonds. The Morgan fingerprint density at radius 3 is 2.60 bits per heavy atom. The van der Waals surface area contributed by atoms with Gasteiger partial charge < -0.3 is 5.11 Å². The fourth-order valence-corrected chi connectivity index (χ4v) is 4.21. The number of aliphatic hydroxyl groups is 1. The number of benzene rings is 1. The molecule has 1 unspecified atom stereocenters. The summed E-state index contributed by atoms with van der Waals surface area (Å²) in [7, 11) is -3.49. The zero-order chi connectivity index (χ0) is 14.8. The Morgan fingerprint density at radius 1 is 1.35 bits per heavy atom. The highest BCUT2D eigenvalue weighted by atomic mass is 35.5. The number of nitrogens with one attached hydrogen (secondary N) is 1. The van der Waals surface area contributed by atoms with E-state index in [9.17, 15) is 8.42 Å². The molecule has 1 atom stereocenters. The van der Waals surface area contributed by atoms with E-state index in [1.165, 1.54) is 6.07 Å². The predicted octanol–water partition coefficient (Wildman–Crippen LogP) is 2.57. The molecule has 0 spiro atoms. The van der Waals surface area contributed by atoms with E-state index in [1.807, 2.05) is 0 Å². The molecular formula is C13H17Cl2NO3S. The lowest BCUT2D eigenvalue weighted by Crippen LogP contribution is -2.37. The number of sulfonamides is 1. The van der Waals surface area contributed by atoms with Crippen molar-refractivity contribution in [1.29, 1.82) is 0 Å². The van der Waals surface area contributed by atoms with Crippen molar-refractivity contribution >= 4 is 33.2 Å². The normalized spacial score (nSPS) is 17.1. The van der Waals surface area contributed by atoms with Gasteiger partial charge in [-0.05, 0) is 42.9 Å². The van der Waals surface area contributed by atoms with E-state index in [1.54, 1.807) is 12.1 Å². The van der Waals surface area contributed by atoms with E-state index in [4.69, 9.17) is 28.3 Å². The van der Waals surface area contributed by atoms with Gasteiger partial charge >= 0.3 is 0 Å². The van der Waals surface area contributed by atoms with Gasteiger partial charge in [-0.3, -0.25) is 0 Å². The van der Waals surface area contributed by atoms with Crippen molar-refractivity contribution in [3.8, 4) is 0 Å². The van der Waals surface area contributed by atoms with Crippen molar-refractivity contribution < 1.29 is 13.5 Å². The molecule has 0 radical (unpaired) electrons. The Labute approximate surface area is 129 Å². The van der Waals surface area contributed by atoms with Gasteiger partial charge in [0.2, 0.25) is 10.0 Å². The first-order chi connectivity index (χ1) is 9.41. The quantitative estimate of drug-likeness (QED) is 0.803. The predicted molar refractivity (Wildman–Crippen MR) is 80.4 cm³/mol. The number of halogens is 2. The van der Waals surface area contributed by atoms with Crippen LogP contribution in [-0.4, -0.2) is 26.2 Å². The van der Waals surface area contributed by atoms with Crippen LogP contribution >= 0.6 is 23.2 Å². The zero-order valence-corrected chi connectivity index (χ0v) is 13.2. The van der Waals surface area contributed by atoms with Gasteiger partial charge in [0.25, 0.3) is 0 Å². The van der Waals surface area contributed by atoms with E-state index in [0.29, 0.717) is 27.9 Å². The second kappa shape index (κ2) is 6.62. The fourth-order valence-electron chi connectivity index (χ4n) is 2.14. The van der Waals surface area contributed by atoms with E-state index in [-0.39, 0.29) is 18.4 Å². The molecule has 1 saturated carbocycles. The molecule has 0 bridgehead atoms. The van der Waals surface area contributed by atoms with Crippen LogP contribution in [-0.2, 0) is 15.8 Å². The van der Waals surface area contributed by atoms with E-state index >= 15 is 0 Å². The average Bonchev–Trinajstić information content (AvgIpc) is 3.16. The Bertz CT molecular complexity index is 573. The first-order valence-corrected chi connectivity index (χ1v) is 8.87. The van der Waals surface area contributed by atoms with E-state index in [2.05, 4.69) is 4.72 Å². The molecule has 1 aromatic rings. The minimum absolute atomic E-state index is 0.0224. The van der Waals surface area contributed by atoms with Gasteiger partial charge in [-0.2, -0.15) is 0 Å². The summed E-state index contributed by atoms with van der Waals surface area (Å²) in [4.78, 5) is 0. The number of aliphatic hydroxyl groups excluding tert-OH is 1. The van der Waals surface area contributed by atoms with Gasteiger partial charge in [-0.1, -0.05) is 29.3 Å². The van der Waals surface area contributed by atoms with Gasteiger partial charge in [0.1, 0.15) is 0 Å². The summed E-state index contributed by atoms with van der Waals surface area (Å²) < 4.78 is 27.0. The van der Waals surface area contributed by atoms with Crippen molar-refractivity contribution in [2.24, 2.45) is 5.92 Å². The maximum absolute atomic E-state index is 12.2. The second-order valence-corrected chi connectivity index (χ2v) is 7.67. The van der Waals surface area contributed by atoms with Gasteiger partial charge in [0, 0.05) is 22.7 Å². The number of rotatable bonds is 7. The first kappa shape index (κ1) is 16.0.